The van der Waals surface area contributed by atoms with Gasteiger partial charge in [0.2, 0.25) is 0 Å². The van der Waals surface area contributed by atoms with Crippen LogP contribution in [0.3, 0.4) is 0 Å². The first-order chi connectivity index (χ1) is 11.8. The number of fused-ring (bicyclic) bond motifs is 1. The van der Waals surface area contributed by atoms with Crippen molar-refractivity contribution in [1.29, 1.82) is 0 Å². The predicted octanol–water partition coefficient (Wildman–Crippen LogP) is -0.533. The lowest BCUT2D eigenvalue weighted by Crippen LogP contribution is -2.59. The summed E-state index contributed by atoms with van der Waals surface area (Å²) in [4.78, 5) is 16.9. The minimum atomic E-state index is -1.43. The molecule has 1 saturated heterocycles. The molecule has 0 bridgehead atoms. The first-order valence-electron chi connectivity index (χ1n) is 8.03. The van der Waals surface area contributed by atoms with Gasteiger partial charge in [0.1, 0.15) is 30.1 Å². The highest BCUT2D eigenvalue weighted by Crippen LogP contribution is 2.23. The molecule has 2 aromatic rings. The molecule has 25 heavy (non-hydrogen) atoms. The van der Waals surface area contributed by atoms with Crippen molar-refractivity contribution in [3.8, 4) is 0 Å². The minimum Gasteiger partial charge on any atom is -0.388 e. The van der Waals surface area contributed by atoms with Crippen molar-refractivity contribution in [3.05, 3.63) is 39.8 Å². The summed E-state index contributed by atoms with van der Waals surface area (Å²) < 4.78 is 12.0. The Bertz CT molecular complexity index is 834. The standard InChI is InChI=1S/C17H22N2O6/c1-8-4-5-11-10(6-8)18-9(2)16(23)19(11)7-12-13(20)14(21)15(22)17(24-3)25-12/h4-6,12-15,17,20-22H,7H2,1-3H3/t12-,13-,14+,15+,17+/m1/s1. The van der Waals surface area contributed by atoms with Gasteiger partial charge in [-0.3, -0.25) is 4.79 Å². The number of nitrogens with zero attached hydrogens (tertiary/aromatic N) is 2. The Labute approximate surface area is 144 Å². The van der Waals surface area contributed by atoms with Crippen LogP contribution in [-0.2, 0) is 16.0 Å². The summed E-state index contributed by atoms with van der Waals surface area (Å²) in [5, 5.41) is 30.1. The number of rotatable bonds is 3. The molecule has 0 unspecified atom stereocenters. The summed E-state index contributed by atoms with van der Waals surface area (Å²) in [5.74, 6) is 0. The van der Waals surface area contributed by atoms with Gasteiger partial charge in [-0.1, -0.05) is 6.07 Å². The second kappa shape index (κ2) is 6.81. The van der Waals surface area contributed by atoms with Gasteiger partial charge in [-0.15, -0.1) is 0 Å². The van der Waals surface area contributed by atoms with Crippen molar-refractivity contribution in [2.45, 2.75) is 51.1 Å². The minimum absolute atomic E-state index is 0.00738. The maximum atomic E-state index is 12.6. The Morgan fingerprint density at radius 2 is 1.92 bits per heavy atom. The van der Waals surface area contributed by atoms with Gasteiger partial charge in [-0.25, -0.2) is 4.98 Å². The van der Waals surface area contributed by atoms with Crippen LogP contribution in [0.25, 0.3) is 11.0 Å². The van der Waals surface area contributed by atoms with E-state index in [1.54, 1.807) is 13.0 Å². The molecule has 3 N–H and O–H groups in total. The zero-order valence-electron chi connectivity index (χ0n) is 14.3. The first-order valence-corrected chi connectivity index (χ1v) is 8.03. The maximum Gasteiger partial charge on any atom is 0.272 e. The van der Waals surface area contributed by atoms with Crippen LogP contribution in [0.2, 0.25) is 0 Å². The van der Waals surface area contributed by atoms with Crippen LogP contribution in [0.15, 0.2) is 23.0 Å². The van der Waals surface area contributed by atoms with Crippen molar-refractivity contribution in [2.75, 3.05) is 7.11 Å². The van der Waals surface area contributed by atoms with E-state index in [2.05, 4.69) is 4.98 Å². The molecule has 5 atom stereocenters. The van der Waals surface area contributed by atoms with Crippen LogP contribution in [0, 0.1) is 13.8 Å². The van der Waals surface area contributed by atoms with Gasteiger partial charge in [-0.05, 0) is 31.5 Å². The third-order valence-corrected chi connectivity index (χ3v) is 4.53. The third-order valence-electron chi connectivity index (χ3n) is 4.53. The van der Waals surface area contributed by atoms with Crippen molar-refractivity contribution in [3.63, 3.8) is 0 Å². The number of aromatic nitrogens is 2. The van der Waals surface area contributed by atoms with E-state index < -0.39 is 30.7 Å². The number of ether oxygens (including phenoxy) is 2. The average Bonchev–Trinajstić information content (AvgIpc) is 2.58. The topological polar surface area (TPSA) is 114 Å². The fraction of sp³-hybridized carbons (Fsp3) is 0.529. The van der Waals surface area contributed by atoms with Gasteiger partial charge >= 0.3 is 0 Å². The summed E-state index contributed by atoms with van der Waals surface area (Å²) in [6.07, 6.45) is -6.17. The molecule has 1 aliphatic heterocycles. The van der Waals surface area contributed by atoms with E-state index in [1.807, 2.05) is 19.1 Å². The number of benzene rings is 1. The van der Waals surface area contributed by atoms with Gasteiger partial charge in [0.25, 0.3) is 5.56 Å². The lowest BCUT2D eigenvalue weighted by molar-refractivity contribution is -0.291. The summed E-state index contributed by atoms with van der Waals surface area (Å²) in [6, 6.07) is 5.52. The number of aryl methyl sites for hydroxylation is 2. The van der Waals surface area contributed by atoms with E-state index >= 15 is 0 Å². The molecule has 1 aliphatic rings. The maximum absolute atomic E-state index is 12.6. The highest BCUT2D eigenvalue weighted by molar-refractivity contribution is 5.75. The van der Waals surface area contributed by atoms with Crippen LogP contribution in [-0.4, -0.2) is 62.7 Å². The SMILES string of the molecule is CO[C@H]1O[C@H](Cn2c(=O)c(C)nc3cc(C)ccc32)[C@@H](O)[C@H](O)[C@@H]1O. The summed E-state index contributed by atoms with van der Waals surface area (Å²) in [7, 11) is 1.33. The number of methoxy groups -OCH3 is 1. The molecule has 0 amide bonds. The van der Waals surface area contributed by atoms with Crippen LogP contribution < -0.4 is 5.56 Å². The van der Waals surface area contributed by atoms with E-state index in [4.69, 9.17) is 9.47 Å². The molecule has 0 radical (unpaired) electrons. The fourth-order valence-electron chi connectivity index (χ4n) is 3.11. The first kappa shape index (κ1) is 18.0. The number of hydrogen-bond acceptors (Lipinski definition) is 7. The van der Waals surface area contributed by atoms with Crippen molar-refractivity contribution >= 4 is 11.0 Å². The lowest BCUT2D eigenvalue weighted by atomic mass is 9.98. The van der Waals surface area contributed by atoms with Crippen LogP contribution >= 0.6 is 0 Å². The molecule has 0 aliphatic carbocycles. The molecule has 2 heterocycles. The van der Waals surface area contributed by atoms with Crippen LogP contribution in [0.1, 0.15) is 11.3 Å². The molecule has 136 valence electrons. The largest absolute Gasteiger partial charge is 0.388 e. The van der Waals surface area contributed by atoms with Crippen LogP contribution in [0.5, 0.6) is 0 Å². The molecular weight excluding hydrogens is 328 g/mol. The van der Waals surface area contributed by atoms with E-state index in [0.29, 0.717) is 16.7 Å². The zero-order valence-corrected chi connectivity index (χ0v) is 14.3. The van der Waals surface area contributed by atoms with Crippen LogP contribution in [0.4, 0.5) is 0 Å². The molecule has 1 aromatic carbocycles. The number of aliphatic hydroxyl groups excluding tert-OH is 3. The second-order valence-corrected chi connectivity index (χ2v) is 6.36. The summed E-state index contributed by atoms with van der Waals surface area (Å²) >= 11 is 0. The predicted molar refractivity (Wildman–Crippen MR) is 89.2 cm³/mol. The highest BCUT2D eigenvalue weighted by atomic mass is 16.7. The molecular formula is C17H22N2O6. The average molecular weight is 350 g/mol. The Balaban J connectivity index is 2.02. The van der Waals surface area contributed by atoms with E-state index in [1.165, 1.54) is 11.7 Å². The summed E-state index contributed by atoms with van der Waals surface area (Å²) in [5.41, 5.74) is 2.29. The lowest BCUT2D eigenvalue weighted by Gasteiger charge is -2.40. The van der Waals surface area contributed by atoms with Gasteiger partial charge in [0.05, 0.1) is 17.6 Å². The van der Waals surface area contributed by atoms with E-state index in [0.717, 1.165) is 5.56 Å². The van der Waals surface area contributed by atoms with E-state index in [-0.39, 0.29) is 12.1 Å². The fourth-order valence-corrected chi connectivity index (χ4v) is 3.11. The zero-order chi connectivity index (χ0) is 18.3. The number of hydrogen-bond donors (Lipinski definition) is 3. The molecule has 8 nitrogen and oxygen atoms in total. The van der Waals surface area contributed by atoms with Crippen molar-refractivity contribution in [1.82, 2.24) is 9.55 Å². The van der Waals surface area contributed by atoms with Gasteiger partial charge in [-0.2, -0.15) is 0 Å². The Kier molecular flexibility index (Phi) is 4.90. The normalized spacial score (nSPS) is 29.9. The number of aliphatic hydroxyl groups is 3. The molecule has 3 rings (SSSR count). The summed E-state index contributed by atoms with van der Waals surface area (Å²) in [6.45, 7) is 3.54. The Morgan fingerprint density at radius 1 is 1.20 bits per heavy atom. The van der Waals surface area contributed by atoms with Gasteiger partial charge in [0.15, 0.2) is 6.29 Å². The monoisotopic (exact) mass is 350 g/mol. The van der Waals surface area contributed by atoms with Crippen molar-refractivity contribution in [2.24, 2.45) is 0 Å². The molecule has 0 saturated carbocycles. The molecule has 1 aromatic heterocycles. The molecule has 1 fully saturated rings. The van der Waals surface area contributed by atoms with E-state index in [9.17, 15) is 20.1 Å². The second-order valence-electron chi connectivity index (χ2n) is 6.36. The quantitative estimate of drug-likeness (QED) is 0.682. The molecule has 8 heteroatoms. The van der Waals surface area contributed by atoms with Gasteiger partial charge in [0, 0.05) is 7.11 Å². The van der Waals surface area contributed by atoms with Crippen molar-refractivity contribution < 1.29 is 24.8 Å². The third kappa shape index (κ3) is 3.19. The van der Waals surface area contributed by atoms with Gasteiger partial charge < -0.3 is 29.4 Å². The Hall–Kier alpha value is -1.84. The molecule has 0 spiro atoms. The Morgan fingerprint density at radius 3 is 2.60 bits per heavy atom. The smallest absolute Gasteiger partial charge is 0.272 e. The highest BCUT2D eigenvalue weighted by Gasteiger charge is 2.44.